The van der Waals surface area contributed by atoms with E-state index in [1.807, 2.05) is 38.8 Å². The van der Waals surface area contributed by atoms with E-state index in [4.69, 9.17) is 9.47 Å². The Labute approximate surface area is 141 Å². The van der Waals surface area contributed by atoms with Gasteiger partial charge in [-0.05, 0) is 26.8 Å². The molecule has 7 nitrogen and oxygen atoms in total. The number of carbonyl (C=O) groups excluding carboxylic acids is 1. The van der Waals surface area contributed by atoms with E-state index in [0.29, 0.717) is 25.3 Å². The van der Waals surface area contributed by atoms with Crippen LogP contribution in [0.5, 0.6) is 0 Å². The van der Waals surface area contributed by atoms with Crippen molar-refractivity contribution in [1.29, 1.82) is 0 Å². The lowest BCUT2D eigenvalue weighted by atomic mass is 10.0. The van der Waals surface area contributed by atoms with Crippen LogP contribution in [0.15, 0.2) is 12.3 Å². The Morgan fingerprint density at radius 2 is 2.25 bits per heavy atom. The standard InChI is InChI=1S/C17H24N4O3/c1-11-14-6-12(7-18-15(14)20(4)19-11)16(22)21-8-13(9-23-5)24-17(2,3)10-21/h6-7,13H,8-10H2,1-5H3/t13-/m0/s1. The summed E-state index contributed by atoms with van der Waals surface area (Å²) in [5.74, 6) is -0.0369. The molecule has 1 amide bonds. The van der Waals surface area contributed by atoms with Crippen LogP contribution in [0.1, 0.15) is 29.9 Å². The van der Waals surface area contributed by atoms with Crippen molar-refractivity contribution in [3.63, 3.8) is 0 Å². The fourth-order valence-electron chi connectivity index (χ4n) is 3.33. The number of fused-ring (bicyclic) bond motifs is 1. The van der Waals surface area contributed by atoms with Gasteiger partial charge in [0.05, 0.1) is 29.6 Å². The predicted octanol–water partition coefficient (Wildman–Crippen LogP) is 1.54. The van der Waals surface area contributed by atoms with E-state index in [9.17, 15) is 4.79 Å². The van der Waals surface area contributed by atoms with Gasteiger partial charge in [0.25, 0.3) is 5.91 Å². The second-order valence-corrected chi connectivity index (χ2v) is 6.94. The molecule has 0 bridgehead atoms. The zero-order valence-electron chi connectivity index (χ0n) is 14.9. The highest BCUT2D eigenvalue weighted by Crippen LogP contribution is 2.24. The second kappa shape index (κ2) is 6.14. The number of carbonyl (C=O) groups is 1. The van der Waals surface area contributed by atoms with Crippen molar-refractivity contribution < 1.29 is 14.3 Å². The van der Waals surface area contributed by atoms with E-state index in [1.54, 1.807) is 18.0 Å². The van der Waals surface area contributed by atoms with E-state index < -0.39 is 5.60 Å². The van der Waals surface area contributed by atoms with Crippen molar-refractivity contribution in [3.8, 4) is 0 Å². The number of aromatic nitrogens is 3. The van der Waals surface area contributed by atoms with E-state index in [2.05, 4.69) is 10.1 Å². The SMILES string of the molecule is COC[C@@H]1CN(C(=O)c2cnc3c(c2)c(C)nn3C)CC(C)(C)O1. The number of hydrogen-bond acceptors (Lipinski definition) is 5. The molecule has 0 aliphatic carbocycles. The monoisotopic (exact) mass is 332 g/mol. The molecule has 0 spiro atoms. The highest BCUT2D eigenvalue weighted by molar-refractivity contribution is 5.97. The number of amides is 1. The molecule has 1 atom stereocenters. The molecule has 2 aromatic heterocycles. The summed E-state index contributed by atoms with van der Waals surface area (Å²) in [6, 6.07) is 1.88. The van der Waals surface area contributed by atoms with Gasteiger partial charge < -0.3 is 14.4 Å². The van der Waals surface area contributed by atoms with Gasteiger partial charge in [-0.1, -0.05) is 0 Å². The molecule has 0 unspecified atom stereocenters. The third kappa shape index (κ3) is 3.14. The van der Waals surface area contributed by atoms with Crippen molar-refractivity contribution in [1.82, 2.24) is 19.7 Å². The molecule has 1 saturated heterocycles. The van der Waals surface area contributed by atoms with Crippen LogP contribution in [0, 0.1) is 6.92 Å². The lowest BCUT2D eigenvalue weighted by molar-refractivity contribution is -0.143. The summed E-state index contributed by atoms with van der Waals surface area (Å²) in [4.78, 5) is 19.2. The molecule has 0 N–H and O–H groups in total. The van der Waals surface area contributed by atoms with Crippen molar-refractivity contribution in [2.45, 2.75) is 32.5 Å². The number of methoxy groups -OCH3 is 1. The Morgan fingerprint density at radius 1 is 1.50 bits per heavy atom. The van der Waals surface area contributed by atoms with Crippen molar-refractivity contribution >= 4 is 16.9 Å². The maximum absolute atomic E-state index is 13.0. The normalized spacial score (nSPS) is 20.5. The molecule has 0 aromatic carbocycles. The fraction of sp³-hybridized carbons (Fsp3) is 0.588. The van der Waals surface area contributed by atoms with Crippen molar-refractivity contribution in [3.05, 3.63) is 23.5 Å². The Morgan fingerprint density at radius 3 is 2.96 bits per heavy atom. The van der Waals surface area contributed by atoms with E-state index >= 15 is 0 Å². The highest BCUT2D eigenvalue weighted by Gasteiger charge is 2.36. The van der Waals surface area contributed by atoms with Gasteiger partial charge in [-0.15, -0.1) is 0 Å². The fourth-order valence-corrected chi connectivity index (χ4v) is 3.33. The van der Waals surface area contributed by atoms with Gasteiger partial charge in [0.15, 0.2) is 5.65 Å². The molecule has 0 saturated carbocycles. The van der Waals surface area contributed by atoms with Crippen LogP contribution in [-0.4, -0.2) is 64.1 Å². The molecule has 1 aliphatic rings. The van der Waals surface area contributed by atoms with Crippen LogP contribution < -0.4 is 0 Å². The van der Waals surface area contributed by atoms with E-state index in [0.717, 1.165) is 16.7 Å². The minimum Gasteiger partial charge on any atom is -0.382 e. The first-order chi connectivity index (χ1) is 11.3. The van der Waals surface area contributed by atoms with Gasteiger partial charge in [-0.25, -0.2) is 4.98 Å². The zero-order valence-corrected chi connectivity index (χ0v) is 14.9. The molecule has 1 aliphatic heterocycles. The number of hydrogen-bond donors (Lipinski definition) is 0. The smallest absolute Gasteiger partial charge is 0.255 e. The molecular formula is C17H24N4O3. The molecule has 0 radical (unpaired) electrons. The van der Waals surface area contributed by atoms with Gasteiger partial charge >= 0.3 is 0 Å². The second-order valence-electron chi connectivity index (χ2n) is 6.94. The quantitative estimate of drug-likeness (QED) is 0.853. The highest BCUT2D eigenvalue weighted by atomic mass is 16.5. The van der Waals surface area contributed by atoms with Crippen LogP contribution in [0.25, 0.3) is 11.0 Å². The first kappa shape index (κ1) is 16.9. The molecule has 2 aromatic rings. The first-order valence-corrected chi connectivity index (χ1v) is 8.06. The van der Waals surface area contributed by atoms with Gasteiger partial charge in [0.1, 0.15) is 0 Å². The Bertz CT molecular complexity index is 769. The van der Waals surface area contributed by atoms with Gasteiger partial charge in [0, 0.05) is 38.8 Å². The molecule has 3 heterocycles. The molecule has 3 rings (SSSR count). The molecule has 1 fully saturated rings. The van der Waals surface area contributed by atoms with Gasteiger partial charge in [-0.2, -0.15) is 5.10 Å². The minimum absolute atomic E-state index is 0.0369. The van der Waals surface area contributed by atoms with Crippen LogP contribution in [-0.2, 0) is 16.5 Å². The average molecular weight is 332 g/mol. The lowest BCUT2D eigenvalue weighted by Gasteiger charge is -2.42. The minimum atomic E-state index is -0.404. The number of aryl methyl sites for hydroxylation is 2. The maximum Gasteiger partial charge on any atom is 0.255 e. The van der Waals surface area contributed by atoms with E-state index in [1.165, 1.54) is 0 Å². The number of nitrogens with zero attached hydrogens (tertiary/aromatic N) is 4. The zero-order chi connectivity index (χ0) is 17.5. The number of rotatable bonds is 3. The molecular weight excluding hydrogens is 308 g/mol. The largest absolute Gasteiger partial charge is 0.382 e. The summed E-state index contributed by atoms with van der Waals surface area (Å²) in [6.07, 6.45) is 1.50. The van der Waals surface area contributed by atoms with Crippen molar-refractivity contribution in [2.24, 2.45) is 7.05 Å². The predicted molar refractivity (Wildman–Crippen MR) is 90.0 cm³/mol. The lowest BCUT2D eigenvalue weighted by Crippen LogP contribution is -2.55. The first-order valence-electron chi connectivity index (χ1n) is 8.06. The summed E-state index contributed by atoms with van der Waals surface area (Å²) in [7, 11) is 3.49. The van der Waals surface area contributed by atoms with Crippen LogP contribution >= 0.6 is 0 Å². The average Bonchev–Trinajstić information content (AvgIpc) is 2.79. The number of pyridine rings is 1. The third-order valence-electron chi connectivity index (χ3n) is 4.23. The Balaban J connectivity index is 1.88. The topological polar surface area (TPSA) is 69.5 Å². The Kier molecular flexibility index (Phi) is 4.31. The molecule has 130 valence electrons. The third-order valence-corrected chi connectivity index (χ3v) is 4.23. The van der Waals surface area contributed by atoms with Gasteiger partial charge in [0.2, 0.25) is 0 Å². The summed E-state index contributed by atoms with van der Waals surface area (Å²) < 4.78 is 12.9. The number of ether oxygens (including phenoxy) is 2. The van der Waals surface area contributed by atoms with Crippen molar-refractivity contribution in [2.75, 3.05) is 26.8 Å². The van der Waals surface area contributed by atoms with E-state index in [-0.39, 0.29) is 12.0 Å². The summed E-state index contributed by atoms with van der Waals surface area (Å²) in [5.41, 5.74) is 1.82. The van der Waals surface area contributed by atoms with Gasteiger partial charge in [-0.3, -0.25) is 9.48 Å². The summed E-state index contributed by atoms with van der Waals surface area (Å²) >= 11 is 0. The summed E-state index contributed by atoms with van der Waals surface area (Å²) in [6.45, 7) is 7.41. The summed E-state index contributed by atoms with van der Waals surface area (Å²) in [5, 5.41) is 5.26. The van der Waals surface area contributed by atoms with Crippen LogP contribution in [0.4, 0.5) is 0 Å². The van der Waals surface area contributed by atoms with Crippen LogP contribution in [0.2, 0.25) is 0 Å². The molecule has 24 heavy (non-hydrogen) atoms. The number of morpholine rings is 1. The van der Waals surface area contributed by atoms with Crippen LogP contribution in [0.3, 0.4) is 0 Å². The molecule has 7 heteroatoms. The Hall–Kier alpha value is -1.99. The maximum atomic E-state index is 13.0.